The maximum atomic E-state index is 12.5. The van der Waals surface area contributed by atoms with E-state index in [9.17, 15) is 8.78 Å². The first-order valence-corrected chi connectivity index (χ1v) is 9.02. The molecule has 1 aromatic rings. The van der Waals surface area contributed by atoms with Crippen molar-refractivity contribution in [3.63, 3.8) is 0 Å². The van der Waals surface area contributed by atoms with Gasteiger partial charge < -0.3 is 20.1 Å². The summed E-state index contributed by atoms with van der Waals surface area (Å²) in [6.45, 7) is -1.07. The maximum absolute atomic E-state index is 12.5. The largest absolute Gasteiger partial charge is 0.434 e. The molecule has 1 aliphatic rings. The summed E-state index contributed by atoms with van der Waals surface area (Å²) in [5.74, 6) is 0.708. The standard InChI is InChI=1S/C18H26ClF2N3O2/c1-22-17(24-12-18(6-3-7-18)8-9-25-2)23-11-13-10-14(19)4-5-15(13)26-16(20)21/h4-5,10,16H,3,6-9,11-12H2,1-2H3,(H2,22,23,24). The predicted octanol–water partition coefficient (Wildman–Crippen LogP) is 3.81. The minimum atomic E-state index is -2.88. The fourth-order valence-electron chi connectivity index (χ4n) is 3.08. The lowest BCUT2D eigenvalue weighted by Crippen LogP contribution is -2.46. The van der Waals surface area contributed by atoms with Crippen LogP contribution in [0.5, 0.6) is 5.75 Å². The molecule has 2 rings (SSSR count). The molecule has 1 aliphatic carbocycles. The van der Waals surface area contributed by atoms with E-state index >= 15 is 0 Å². The topological polar surface area (TPSA) is 54.9 Å². The van der Waals surface area contributed by atoms with Crippen LogP contribution in [0.2, 0.25) is 5.02 Å². The second-order valence-electron chi connectivity index (χ2n) is 6.51. The first-order chi connectivity index (χ1) is 12.5. The van der Waals surface area contributed by atoms with Gasteiger partial charge in [-0.3, -0.25) is 4.99 Å². The highest BCUT2D eigenvalue weighted by molar-refractivity contribution is 6.30. The zero-order valence-electron chi connectivity index (χ0n) is 15.2. The van der Waals surface area contributed by atoms with Gasteiger partial charge >= 0.3 is 6.61 Å². The Morgan fingerprint density at radius 1 is 1.35 bits per heavy atom. The van der Waals surface area contributed by atoms with Crippen LogP contribution in [0.15, 0.2) is 23.2 Å². The van der Waals surface area contributed by atoms with Crippen molar-refractivity contribution in [1.82, 2.24) is 10.6 Å². The Labute approximate surface area is 158 Å². The Kier molecular flexibility index (Phi) is 7.90. The van der Waals surface area contributed by atoms with Gasteiger partial charge in [0, 0.05) is 44.4 Å². The van der Waals surface area contributed by atoms with Gasteiger partial charge in [-0.05, 0) is 42.9 Å². The van der Waals surface area contributed by atoms with Crippen LogP contribution in [0, 0.1) is 5.41 Å². The molecule has 0 saturated heterocycles. The molecule has 1 fully saturated rings. The number of alkyl halides is 2. The molecule has 0 amide bonds. The number of guanidine groups is 1. The number of nitrogens with zero attached hydrogens (tertiary/aromatic N) is 1. The first-order valence-electron chi connectivity index (χ1n) is 8.65. The minimum absolute atomic E-state index is 0.0999. The molecule has 1 aromatic carbocycles. The van der Waals surface area contributed by atoms with Crippen molar-refractivity contribution in [2.24, 2.45) is 10.4 Å². The molecule has 0 atom stereocenters. The van der Waals surface area contributed by atoms with E-state index in [4.69, 9.17) is 16.3 Å². The molecule has 0 heterocycles. The summed E-state index contributed by atoms with van der Waals surface area (Å²) in [4.78, 5) is 4.20. The molecule has 8 heteroatoms. The number of hydrogen-bond acceptors (Lipinski definition) is 3. The number of methoxy groups -OCH3 is 1. The Hall–Kier alpha value is -1.60. The van der Waals surface area contributed by atoms with Crippen LogP contribution in [-0.4, -0.2) is 39.9 Å². The quantitative estimate of drug-likeness (QED) is 0.498. The van der Waals surface area contributed by atoms with Gasteiger partial charge in [-0.2, -0.15) is 8.78 Å². The van der Waals surface area contributed by atoms with Crippen LogP contribution in [0.1, 0.15) is 31.2 Å². The van der Waals surface area contributed by atoms with Crippen LogP contribution >= 0.6 is 11.6 Å². The number of halogens is 3. The zero-order chi connectivity index (χ0) is 19.0. The van der Waals surface area contributed by atoms with E-state index < -0.39 is 6.61 Å². The summed E-state index contributed by atoms with van der Waals surface area (Å²) in [6.07, 6.45) is 4.57. The Balaban J connectivity index is 1.92. The number of aliphatic imine (C=N–C) groups is 1. The molecular formula is C18H26ClF2N3O2. The van der Waals surface area contributed by atoms with Crippen molar-refractivity contribution in [1.29, 1.82) is 0 Å². The van der Waals surface area contributed by atoms with E-state index in [2.05, 4.69) is 20.4 Å². The fraction of sp³-hybridized carbons (Fsp3) is 0.611. The highest BCUT2D eigenvalue weighted by atomic mass is 35.5. The third-order valence-electron chi connectivity index (χ3n) is 4.79. The van der Waals surface area contributed by atoms with Gasteiger partial charge in [0.1, 0.15) is 5.75 Å². The van der Waals surface area contributed by atoms with Gasteiger partial charge in [0.25, 0.3) is 0 Å². The Morgan fingerprint density at radius 2 is 2.12 bits per heavy atom. The lowest BCUT2D eigenvalue weighted by Gasteiger charge is -2.42. The van der Waals surface area contributed by atoms with E-state index in [0.29, 0.717) is 16.5 Å². The highest BCUT2D eigenvalue weighted by Gasteiger charge is 2.36. The Bertz CT molecular complexity index is 610. The van der Waals surface area contributed by atoms with Crippen molar-refractivity contribution in [3.05, 3.63) is 28.8 Å². The molecule has 5 nitrogen and oxygen atoms in total. The molecule has 2 N–H and O–H groups in total. The molecule has 0 spiro atoms. The van der Waals surface area contributed by atoms with Crippen LogP contribution in [-0.2, 0) is 11.3 Å². The van der Waals surface area contributed by atoms with Gasteiger partial charge in [0.05, 0.1) is 0 Å². The maximum Gasteiger partial charge on any atom is 0.387 e. The second-order valence-corrected chi connectivity index (χ2v) is 6.94. The monoisotopic (exact) mass is 389 g/mol. The molecule has 0 aromatic heterocycles. The van der Waals surface area contributed by atoms with E-state index in [1.54, 1.807) is 20.2 Å². The first kappa shape index (κ1) is 20.7. The van der Waals surface area contributed by atoms with Crippen molar-refractivity contribution in [3.8, 4) is 5.75 Å². The summed E-state index contributed by atoms with van der Waals surface area (Å²) in [5.41, 5.74) is 0.784. The van der Waals surface area contributed by atoms with Crippen molar-refractivity contribution in [2.75, 3.05) is 27.3 Å². The lowest BCUT2D eigenvalue weighted by molar-refractivity contribution is -0.0504. The van der Waals surface area contributed by atoms with E-state index in [1.807, 2.05) is 0 Å². The van der Waals surface area contributed by atoms with Gasteiger partial charge in [-0.15, -0.1) is 0 Å². The van der Waals surface area contributed by atoms with Gasteiger partial charge in [0.15, 0.2) is 5.96 Å². The third-order valence-corrected chi connectivity index (χ3v) is 5.03. The second kappa shape index (κ2) is 9.92. The summed E-state index contributed by atoms with van der Waals surface area (Å²) in [5, 5.41) is 6.91. The molecule has 26 heavy (non-hydrogen) atoms. The van der Waals surface area contributed by atoms with Crippen molar-refractivity contribution >= 4 is 17.6 Å². The van der Waals surface area contributed by atoms with Gasteiger partial charge in [-0.1, -0.05) is 18.0 Å². The van der Waals surface area contributed by atoms with E-state index in [0.717, 1.165) is 19.6 Å². The zero-order valence-corrected chi connectivity index (χ0v) is 15.9. The fourth-order valence-corrected chi connectivity index (χ4v) is 3.27. The molecule has 0 bridgehead atoms. The SMILES string of the molecule is CN=C(NCc1cc(Cl)ccc1OC(F)F)NCC1(CCOC)CCC1. The number of hydrogen-bond donors (Lipinski definition) is 2. The Morgan fingerprint density at radius 3 is 2.69 bits per heavy atom. The van der Waals surface area contributed by atoms with Crippen molar-refractivity contribution in [2.45, 2.75) is 38.8 Å². The van der Waals surface area contributed by atoms with Crippen LogP contribution in [0.25, 0.3) is 0 Å². The molecule has 146 valence electrons. The van der Waals surface area contributed by atoms with Crippen LogP contribution in [0.4, 0.5) is 8.78 Å². The molecule has 0 radical (unpaired) electrons. The summed E-state index contributed by atoms with van der Waals surface area (Å²) in [7, 11) is 3.39. The number of rotatable bonds is 9. The van der Waals surface area contributed by atoms with E-state index in [1.165, 1.54) is 31.4 Å². The minimum Gasteiger partial charge on any atom is -0.434 e. The third kappa shape index (κ3) is 5.99. The summed E-state index contributed by atoms with van der Waals surface area (Å²) >= 11 is 5.97. The molecule has 0 unspecified atom stereocenters. The predicted molar refractivity (Wildman–Crippen MR) is 99.1 cm³/mol. The number of nitrogens with one attached hydrogen (secondary N) is 2. The molecule has 1 saturated carbocycles. The smallest absolute Gasteiger partial charge is 0.387 e. The van der Waals surface area contributed by atoms with Crippen LogP contribution < -0.4 is 15.4 Å². The number of ether oxygens (including phenoxy) is 2. The average Bonchev–Trinajstić information content (AvgIpc) is 2.57. The van der Waals surface area contributed by atoms with Gasteiger partial charge in [-0.25, -0.2) is 0 Å². The van der Waals surface area contributed by atoms with E-state index in [-0.39, 0.29) is 17.7 Å². The summed E-state index contributed by atoms with van der Waals surface area (Å²) < 4.78 is 34.8. The highest BCUT2D eigenvalue weighted by Crippen LogP contribution is 2.43. The van der Waals surface area contributed by atoms with Crippen molar-refractivity contribution < 1.29 is 18.3 Å². The summed E-state index contributed by atoms with van der Waals surface area (Å²) in [6, 6.07) is 4.56. The molecule has 0 aliphatic heterocycles. The van der Waals surface area contributed by atoms with Crippen LogP contribution in [0.3, 0.4) is 0 Å². The number of benzene rings is 1. The molecular weight excluding hydrogens is 364 g/mol. The normalized spacial score (nSPS) is 16.3. The van der Waals surface area contributed by atoms with Gasteiger partial charge in [0.2, 0.25) is 0 Å². The lowest BCUT2D eigenvalue weighted by atomic mass is 9.67. The average molecular weight is 390 g/mol.